The van der Waals surface area contributed by atoms with E-state index in [2.05, 4.69) is 15.4 Å². The third-order valence-corrected chi connectivity index (χ3v) is 1.80. The first-order valence-electron chi connectivity index (χ1n) is 3.60. The fourth-order valence-electron chi connectivity index (χ4n) is 1.22. The van der Waals surface area contributed by atoms with E-state index in [0.29, 0.717) is 5.39 Å². The molecule has 0 atom stereocenters. The van der Waals surface area contributed by atoms with Gasteiger partial charge in [0.2, 0.25) is 0 Å². The van der Waals surface area contributed by atoms with Gasteiger partial charge in [-0.2, -0.15) is 0 Å². The Balaban J connectivity index is 3.07. The molecular formula is C8H7N3O. The van der Waals surface area contributed by atoms with E-state index in [1.165, 1.54) is 0 Å². The summed E-state index contributed by atoms with van der Waals surface area (Å²) in [4.78, 5) is 11.2. The second kappa shape index (κ2) is 2.41. The Morgan fingerprint density at radius 1 is 1.42 bits per heavy atom. The van der Waals surface area contributed by atoms with Gasteiger partial charge in [0.25, 0.3) is 5.56 Å². The first kappa shape index (κ1) is 6.97. The van der Waals surface area contributed by atoms with Crippen LogP contribution in [0.15, 0.2) is 23.0 Å². The largest absolute Gasteiger partial charge is 0.299 e. The summed E-state index contributed by atoms with van der Waals surface area (Å²) in [5.41, 5.74) is 1.38. The van der Waals surface area contributed by atoms with Crippen molar-refractivity contribution in [1.29, 1.82) is 0 Å². The zero-order valence-corrected chi connectivity index (χ0v) is 6.53. The maximum Gasteiger partial charge on any atom is 0.299 e. The van der Waals surface area contributed by atoms with Crippen LogP contribution >= 0.6 is 0 Å². The molecule has 60 valence electrons. The number of H-pyrrole nitrogens is 1. The fourth-order valence-corrected chi connectivity index (χ4v) is 1.22. The number of hydrogen-bond acceptors (Lipinski definition) is 3. The van der Waals surface area contributed by atoms with Gasteiger partial charge in [0.05, 0.1) is 10.9 Å². The predicted molar refractivity (Wildman–Crippen MR) is 44.9 cm³/mol. The van der Waals surface area contributed by atoms with Crippen LogP contribution in [0, 0.1) is 6.92 Å². The first-order chi connectivity index (χ1) is 5.79. The Morgan fingerprint density at radius 2 is 2.25 bits per heavy atom. The standard InChI is InChI=1S/C8H7N3O/c1-5-3-2-4-6-7(5)8(12)10-11-9-6/h2-4H,1H3,(H,9,10,12). The molecule has 2 aromatic rings. The molecule has 1 heterocycles. The first-order valence-corrected chi connectivity index (χ1v) is 3.60. The summed E-state index contributed by atoms with van der Waals surface area (Å²) in [5, 5.41) is 10.2. The van der Waals surface area contributed by atoms with Crippen molar-refractivity contribution in [1.82, 2.24) is 15.4 Å². The minimum Gasteiger partial charge on any atom is -0.265 e. The molecular weight excluding hydrogens is 154 g/mol. The van der Waals surface area contributed by atoms with E-state index < -0.39 is 0 Å². The zero-order valence-electron chi connectivity index (χ0n) is 6.53. The van der Waals surface area contributed by atoms with Gasteiger partial charge in [-0.3, -0.25) is 9.89 Å². The molecule has 1 aromatic carbocycles. The highest BCUT2D eigenvalue weighted by Gasteiger charge is 2.00. The third-order valence-electron chi connectivity index (χ3n) is 1.80. The second-order valence-corrected chi connectivity index (χ2v) is 2.61. The molecule has 0 amide bonds. The van der Waals surface area contributed by atoms with Crippen LogP contribution in [0.2, 0.25) is 0 Å². The molecule has 1 aromatic heterocycles. The molecule has 4 nitrogen and oxygen atoms in total. The van der Waals surface area contributed by atoms with Crippen LogP contribution in [0.1, 0.15) is 5.56 Å². The number of aryl methyl sites for hydroxylation is 1. The summed E-state index contributed by atoms with van der Waals surface area (Å²) in [6.45, 7) is 1.87. The van der Waals surface area contributed by atoms with Gasteiger partial charge in [0.15, 0.2) is 0 Å². The highest BCUT2D eigenvalue weighted by molar-refractivity contribution is 5.80. The van der Waals surface area contributed by atoms with Crippen molar-refractivity contribution in [3.63, 3.8) is 0 Å². The molecule has 1 N–H and O–H groups in total. The van der Waals surface area contributed by atoms with Crippen molar-refractivity contribution in [2.24, 2.45) is 0 Å². The van der Waals surface area contributed by atoms with Gasteiger partial charge in [0.1, 0.15) is 0 Å². The maximum absolute atomic E-state index is 11.2. The van der Waals surface area contributed by atoms with Crippen LogP contribution in [0.25, 0.3) is 10.9 Å². The Labute approximate surface area is 68.2 Å². The minimum absolute atomic E-state index is 0.276. The molecule has 0 bridgehead atoms. The van der Waals surface area contributed by atoms with Gasteiger partial charge in [0, 0.05) is 0 Å². The quantitative estimate of drug-likeness (QED) is 0.616. The molecule has 0 radical (unpaired) electrons. The van der Waals surface area contributed by atoms with E-state index in [-0.39, 0.29) is 5.56 Å². The summed E-state index contributed by atoms with van der Waals surface area (Å²) in [6, 6.07) is 5.55. The number of nitrogens with zero attached hydrogens (tertiary/aromatic N) is 2. The number of aromatic nitrogens is 3. The number of nitrogens with one attached hydrogen (secondary N) is 1. The maximum atomic E-state index is 11.2. The van der Waals surface area contributed by atoms with Crippen LogP contribution in [0.4, 0.5) is 0 Å². The lowest BCUT2D eigenvalue weighted by Gasteiger charge is -1.96. The number of hydrogen-bond donors (Lipinski definition) is 1. The Bertz CT molecular complexity index is 470. The molecule has 0 fully saturated rings. The SMILES string of the molecule is Cc1cccc2[nH]nnc(=O)c12. The van der Waals surface area contributed by atoms with E-state index in [1.807, 2.05) is 19.1 Å². The highest BCUT2D eigenvalue weighted by Crippen LogP contribution is 2.08. The smallest absolute Gasteiger partial charge is 0.265 e. The Hall–Kier alpha value is -1.71. The van der Waals surface area contributed by atoms with E-state index >= 15 is 0 Å². The molecule has 2 rings (SSSR count). The molecule has 0 spiro atoms. The lowest BCUT2D eigenvalue weighted by Crippen LogP contribution is -2.10. The van der Waals surface area contributed by atoms with Crippen molar-refractivity contribution < 1.29 is 0 Å². The normalized spacial score (nSPS) is 10.4. The monoisotopic (exact) mass is 161 g/mol. The summed E-state index contributed by atoms with van der Waals surface area (Å²) < 4.78 is 0. The Kier molecular flexibility index (Phi) is 1.40. The van der Waals surface area contributed by atoms with Crippen molar-refractivity contribution in [3.05, 3.63) is 34.1 Å². The second-order valence-electron chi connectivity index (χ2n) is 2.61. The van der Waals surface area contributed by atoms with E-state index in [0.717, 1.165) is 11.1 Å². The van der Waals surface area contributed by atoms with E-state index in [1.54, 1.807) is 6.07 Å². The van der Waals surface area contributed by atoms with Crippen LogP contribution in [0.5, 0.6) is 0 Å². The Morgan fingerprint density at radius 3 is 3.00 bits per heavy atom. The van der Waals surface area contributed by atoms with Crippen molar-refractivity contribution in [2.45, 2.75) is 6.92 Å². The number of aromatic amines is 1. The third kappa shape index (κ3) is 0.887. The van der Waals surface area contributed by atoms with Gasteiger partial charge in [-0.25, -0.2) is 0 Å². The van der Waals surface area contributed by atoms with Crippen LogP contribution in [-0.4, -0.2) is 15.4 Å². The average Bonchev–Trinajstić information content (AvgIpc) is 2.04. The zero-order chi connectivity index (χ0) is 8.55. The van der Waals surface area contributed by atoms with E-state index in [9.17, 15) is 4.79 Å². The summed E-state index contributed by atoms with van der Waals surface area (Å²) in [5.74, 6) is 0. The van der Waals surface area contributed by atoms with Crippen LogP contribution in [-0.2, 0) is 0 Å². The lowest BCUT2D eigenvalue weighted by atomic mass is 10.1. The molecule has 0 aliphatic heterocycles. The number of fused-ring (bicyclic) bond motifs is 1. The molecule has 0 saturated heterocycles. The molecule has 0 saturated carbocycles. The van der Waals surface area contributed by atoms with Crippen LogP contribution in [0.3, 0.4) is 0 Å². The topological polar surface area (TPSA) is 58.6 Å². The van der Waals surface area contributed by atoms with Gasteiger partial charge in [-0.05, 0) is 18.6 Å². The fraction of sp³-hybridized carbons (Fsp3) is 0.125. The van der Waals surface area contributed by atoms with Crippen molar-refractivity contribution in [2.75, 3.05) is 0 Å². The van der Waals surface area contributed by atoms with Gasteiger partial charge in [-0.1, -0.05) is 22.4 Å². The predicted octanol–water partition coefficient (Wildman–Crippen LogP) is 0.627. The number of benzene rings is 1. The molecule has 0 unspecified atom stereocenters. The number of rotatable bonds is 0. The average molecular weight is 161 g/mol. The summed E-state index contributed by atoms with van der Waals surface area (Å²) in [6.07, 6.45) is 0. The summed E-state index contributed by atoms with van der Waals surface area (Å²) in [7, 11) is 0. The van der Waals surface area contributed by atoms with Gasteiger partial charge >= 0.3 is 0 Å². The highest BCUT2D eigenvalue weighted by atomic mass is 16.1. The molecule has 0 aliphatic rings. The van der Waals surface area contributed by atoms with Gasteiger partial charge < -0.3 is 0 Å². The minimum atomic E-state index is -0.276. The van der Waals surface area contributed by atoms with Crippen molar-refractivity contribution in [3.8, 4) is 0 Å². The van der Waals surface area contributed by atoms with Crippen molar-refractivity contribution >= 4 is 10.9 Å². The lowest BCUT2D eigenvalue weighted by molar-refractivity contribution is 0.871. The summed E-state index contributed by atoms with van der Waals surface area (Å²) >= 11 is 0. The molecule has 12 heavy (non-hydrogen) atoms. The molecule has 4 heteroatoms. The van der Waals surface area contributed by atoms with Gasteiger partial charge in [-0.15, -0.1) is 0 Å². The van der Waals surface area contributed by atoms with Crippen LogP contribution < -0.4 is 5.56 Å². The molecule has 0 aliphatic carbocycles. The van der Waals surface area contributed by atoms with E-state index in [4.69, 9.17) is 0 Å².